The third kappa shape index (κ3) is 2.04. The Labute approximate surface area is 72.8 Å². The second kappa shape index (κ2) is 3.63. The summed E-state index contributed by atoms with van der Waals surface area (Å²) in [7, 11) is 0. The molecule has 0 amide bonds. The minimum Gasteiger partial charge on any atom is -0.337 e. The molecule has 2 nitrogen and oxygen atoms in total. The Morgan fingerprint density at radius 1 is 1.60 bits per heavy atom. The van der Waals surface area contributed by atoms with E-state index in [2.05, 4.69) is 38.4 Å². The first-order chi connectivity index (χ1) is 4.83. The number of hydrogen-bond donors (Lipinski definition) is 1. The molecule has 0 aromatic carbocycles. The third-order valence-corrected chi connectivity index (χ3v) is 1.52. The number of anilines is 1. The van der Waals surface area contributed by atoms with Crippen LogP contribution >= 0.6 is 28.1 Å². The highest BCUT2D eigenvalue weighted by molar-refractivity contribution is 9.10. The lowest BCUT2D eigenvalue weighted by Crippen LogP contribution is -1.93. The summed E-state index contributed by atoms with van der Waals surface area (Å²) in [4.78, 5) is 4.01. The minimum absolute atomic E-state index is 0.762. The van der Waals surface area contributed by atoms with E-state index in [0.29, 0.717) is 0 Å². The van der Waals surface area contributed by atoms with Crippen molar-refractivity contribution in [2.24, 2.45) is 0 Å². The van der Waals surface area contributed by atoms with Crippen LogP contribution in [-0.2, 0) is 0 Å². The Balaban J connectivity index is 2.78. The number of rotatable bonds is 2. The van der Waals surface area contributed by atoms with Crippen molar-refractivity contribution >= 4 is 39.5 Å². The Hall–Kier alpha value is -0.480. The lowest BCUT2D eigenvalue weighted by atomic mass is 10.5. The number of pyridine rings is 1. The average Bonchev–Trinajstić information content (AvgIpc) is 1.95. The van der Waals surface area contributed by atoms with Crippen molar-refractivity contribution in [3.8, 4) is 0 Å². The standard InChI is InChI=1S/C6H5BrN2S/c7-5-1-2-6(8-3-5)9-4-10/h1-4H,(H,8,9,10). The molecule has 0 atom stereocenters. The molecule has 1 aromatic rings. The van der Waals surface area contributed by atoms with E-state index in [1.54, 1.807) is 6.20 Å². The van der Waals surface area contributed by atoms with Crippen LogP contribution in [0.3, 0.4) is 0 Å². The van der Waals surface area contributed by atoms with Crippen molar-refractivity contribution in [1.82, 2.24) is 4.98 Å². The highest BCUT2D eigenvalue weighted by atomic mass is 79.9. The summed E-state index contributed by atoms with van der Waals surface area (Å²) in [5, 5.41) is 2.79. The molecule has 0 bridgehead atoms. The van der Waals surface area contributed by atoms with E-state index in [1.807, 2.05) is 12.1 Å². The molecule has 0 aliphatic rings. The molecule has 1 heterocycles. The average molecular weight is 217 g/mol. The topological polar surface area (TPSA) is 24.9 Å². The first-order valence-corrected chi connectivity index (χ1v) is 3.91. The molecule has 0 saturated carbocycles. The maximum absolute atomic E-state index is 4.58. The number of thiocarbonyl (C=S) groups is 1. The summed E-state index contributed by atoms with van der Waals surface area (Å²) in [5.74, 6) is 0.762. The maximum atomic E-state index is 4.58. The summed E-state index contributed by atoms with van der Waals surface area (Å²) < 4.78 is 0.961. The van der Waals surface area contributed by atoms with Crippen molar-refractivity contribution in [3.05, 3.63) is 22.8 Å². The van der Waals surface area contributed by atoms with Gasteiger partial charge in [-0.15, -0.1) is 0 Å². The van der Waals surface area contributed by atoms with Gasteiger partial charge in [-0.05, 0) is 28.1 Å². The van der Waals surface area contributed by atoms with Crippen LogP contribution in [0.4, 0.5) is 5.82 Å². The summed E-state index contributed by atoms with van der Waals surface area (Å²) in [6, 6.07) is 3.74. The van der Waals surface area contributed by atoms with Gasteiger partial charge in [0.15, 0.2) is 0 Å². The van der Waals surface area contributed by atoms with E-state index in [4.69, 9.17) is 0 Å². The summed E-state index contributed by atoms with van der Waals surface area (Å²) in [6.07, 6.45) is 1.71. The molecule has 0 radical (unpaired) electrons. The normalized spacial score (nSPS) is 8.90. The molecule has 4 heteroatoms. The van der Waals surface area contributed by atoms with Crippen molar-refractivity contribution in [3.63, 3.8) is 0 Å². The van der Waals surface area contributed by atoms with Crippen LogP contribution in [0.15, 0.2) is 22.8 Å². The van der Waals surface area contributed by atoms with Gasteiger partial charge in [-0.1, -0.05) is 12.2 Å². The van der Waals surface area contributed by atoms with Crippen molar-refractivity contribution in [1.29, 1.82) is 0 Å². The van der Waals surface area contributed by atoms with Crippen LogP contribution < -0.4 is 5.32 Å². The summed E-state index contributed by atoms with van der Waals surface area (Å²) >= 11 is 7.85. The molecule has 1 rings (SSSR count). The number of nitrogens with one attached hydrogen (secondary N) is 1. The summed E-state index contributed by atoms with van der Waals surface area (Å²) in [6.45, 7) is 0. The van der Waals surface area contributed by atoms with E-state index in [0.717, 1.165) is 10.3 Å². The molecule has 10 heavy (non-hydrogen) atoms. The smallest absolute Gasteiger partial charge is 0.130 e. The molecule has 52 valence electrons. The van der Waals surface area contributed by atoms with Gasteiger partial charge in [-0.2, -0.15) is 0 Å². The molecule has 0 fully saturated rings. The predicted molar refractivity (Wildman–Crippen MR) is 49.2 cm³/mol. The van der Waals surface area contributed by atoms with Crippen LogP contribution in [0.5, 0.6) is 0 Å². The van der Waals surface area contributed by atoms with Crippen LogP contribution in [0, 0.1) is 0 Å². The van der Waals surface area contributed by atoms with Gasteiger partial charge in [0.25, 0.3) is 0 Å². The lowest BCUT2D eigenvalue weighted by molar-refractivity contribution is 1.31. The molecule has 0 spiro atoms. The van der Waals surface area contributed by atoms with E-state index in [9.17, 15) is 0 Å². The highest BCUT2D eigenvalue weighted by Crippen LogP contribution is 2.09. The van der Waals surface area contributed by atoms with E-state index in [1.165, 1.54) is 5.49 Å². The number of halogens is 1. The van der Waals surface area contributed by atoms with Crippen LogP contribution in [-0.4, -0.2) is 10.5 Å². The van der Waals surface area contributed by atoms with Crippen molar-refractivity contribution in [2.75, 3.05) is 5.32 Å². The zero-order chi connectivity index (χ0) is 7.40. The molecule has 0 aliphatic carbocycles. The van der Waals surface area contributed by atoms with Crippen LogP contribution in [0.25, 0.3) is 0 Å². The Bertz CT molecular complexity index is 222. The van der Waals surface area contributed by atoms with Gasteiger partial charge in [0.1, 0.15) is 5.82 Å². The fourth-order valence-electron chi connectivity index (χ4n) is 0.522. The molecule has 0 aliphatic heterocycles. The fraction of sp³-hybridized carbons (Fsp3) is 0. The van der Waals surface area contributed by atoms with Gasteiger partial charge >= 0.3 is 0 Å². The predicted octanol–water partition coefficient (Wildman–Crippen LogP) is 2.21. The minimum atomic E-state index is 0.762. The zero-order valence-corrected chi connectivity index (χ0v) is 7.45. The van der Waals surface area contributed by atoms with E-state index in [-0.39, 0.29) is 0 Å². The first-order valence-electron chi connectivity index (χ1n) is 2.64. The molecule has 0 unspecified atom stereocenters. The first kappa shape index (κ1) is 7.63. The maximum Gasteiger partial charge on any atom is 0.130 e. The second-order valence-electron chi connectivity index (χ2n) is 1.62. The second-order valence-corrected chi connectivity index (χ2v) is 2.78. The monoisotopic (exact) mass is 216 g/mol. The van der Waals surface area contributed by atoms with E-state index >= 15 is 0 Å². The Morgan fingerprint density at radius 3 is 2.90 bits per heavy atom. The summed E-state index contributed by atoms with van der Waals surface area (Å²) in [5.41, 5.74) is 1.43. The highest BCUT2D eigenvalue weighted by Gasteiger charge is 1.88. The van der Waals surface area contributed by atoms with Gasteiger partial charge in [0.05, 0.1) is 5.49 Å². The van der Waals surface area contributed by atoms with Crippen LogP contribution in [0.1, 0.15) is 0 Å². The molecule has 0 saturated heterocycles. The third-order valence-electron chi connectivity index (χ3n) is 0.934. The molecular weight excluding hydrogens is 212 g/mol. The molecule has 1 N–H and O–H groups in total. The Morgan fingerprint density at radius 2 is 2.40 bits per heavy atom. The van der Waals surface area contributed by atoms with Gasteiger partial charge in [-0.25, -0.2) is 4.98 Å². The molecule has 1 aromatic heterocycles. The van der Waals surface area contributed by atoms with E-state index < -0.39 is 0 Å². The van der Waals surface area contributed by atoms with Gasteiger partial charge in [0, 0.05) is 10.7 Å². The number of hydrogen-bond acceptors (Lipinski definition) is 2. The van der Waals surface area contributed by atoms with Gasteiger partial charge in [0.2, 0.25) is 0 Å². The number of aromatic nitrogens is 1. The fourth-order valence-corrected chi connectivity index (χ4v) is 0.877. The van der Waals surface area contributed by atoms with Gasteiger partial charge in [-0.3, -0.25) is 0 Å². The SMILES string of the molecule is S=CNc1ccc(Br)cn1. The Kier molecular flexibility index (Phi) is 2.77. The lowest BCUT2D eigenvalue weighted by Gasteiger charge is -1.95. The van der Waals surface area contributed by atoms with Gasteiger partial charge < -0.3 is 5.32 Å². The van der Waals surface area contributed by atoms with Crippen molar-refractivity contribution < 1.29 is 0 Å². The largest absolute Gasteiger partial charge is 0.337 e. The molecular formula is C6H5BrN2S. The van der Waals surface area contributed by atoms with Crippen molar-refractivity contribution in [2.45, 2.75) is 0 Å². The quantitative estimate of drug-likeness (QED) is 0.768. The zero-order valence-electron chi connectivity index (χ0n) is 5.04. The van der Waals surface area contributed by atoms with Crippen LogP contribution in [0.2, 0.25) is 0 Å². The number of nitrogens with zero attached hydrogens (tertiary/aromatic N) is 1.